The molecule has 0 aromatic rings. The van der Waals surface area contributed by atoms with Crippen LogP contribution in [-0.2, 0) is 53.0 Å². The Labute approximate surface area is 84.9 Å². The van der Waals surface area contributed by atoms with E-state index in [0.29, 0.717) is 0 Å². The van der Waals surface area contributed by atoms with E-state index in [1.54, 1.807) is 0 Å². The number of hydrogen-bond donors (Lipinski definition) is 0. The van der Waals surface area contributed by atoms with Crippen molar-refractivity contribution in [3.05, 3.63) is 0 Å². The molecule has 0 N–H and O–H groups in total. The Morgan fingerprint density at radius 3 is 1.00 bits per heavy atom. The van der Waals surface area contributed by atoms with E-state index in [0.717, 1.165) is 0 Å². The first kappa shape index (κ1) is 45.6. The monoisotopic (exact) mass is 237 g/mol. The van der Waals surface area contributed by atoms with Crippen molar-refractivity contribution in [2.24, 2.45) is 0 Å². The van der Waals surface area contributed by atoms with Crippen LogP contribution >= 0.6 is 9.90 Å². The van der Waals surface area contributed by atoms with Crippen molar-refractivity contribution in [2.75, 3.05) is 0 Å². The fourth-order valence-corrected chi connectivity index (χ4v) is 0. The van der Waals surface area contributed by atoms with E-state index >= 15 is 0 Å². The van der Waals surface area contributed by atoms with Crippen LogP contribution in [0.15, 0.2) is 0 Å². The summed E-state index contributed by atoms with van der Waals surface area (Å²) < 4.78 is 0. The van der Waals surface area contributed by atoms with Gasteiger partial charge in [0.15, 0.2) is 0 Å². The third-order valence-electron chi connectivity index (χ3n) is 0. The van der Waals surface area contributed by atoms with E-state index in [4.69, 9.17) is 0 Å². The van der Waals surface area contributed by atoms with Crippen molar-refractivity contribution in [3.8, 4) is 0 Å². The molecule has 0 saturated heterocycles. The molecule has 1 atom stereocenters. The summed E-state index contributed by atoms with van der Waals surface area (Å²) in [6, 6.07) is 0. The Morgan fingerprint density at radius 1 is 1.00 bits per heavy atom. The summed E-state index contributed by atoms with van der Waals surface area (Å²) in [7, 11) is 0. The molecular formula is H5MgMnNiPZn. The zero-order valence-corrected chi connectivity index (χ0v) is 8.66. The standard InChI is InChI=1S/Mg.Mn.Ni.H3P.Zn.2H/h;;;1H3;;;. The summed E-state index contributed by atoms with van der Waals surface area (Å²) >= 11 is 0. The first-order chi connectivity index (χ1) is 0. The van der Waals surface area contributed by atoms with E-state index in [1.807, 2.05) is 0 Å². The van der Waals surface area contributed by atoms with Gasteiger partial charge in [-0.05, 0) is 0 Å². The third-order valence-corrected chi connectivity index (χ3v) is 0. The third kappa shape index (κ3) is 19.9. The van der Waals surface area contributed by atoms with Crippen LogP contribution in [0.1, 0.15) is 0 Å². The maximum absolute atomic E-state index is 0. The molecule has 1 radical (unpaired) electrons. The van der Waals surface area contributed by atoms with Gasteiger partial charge in [0.1, 0.15) is 0 Å². The van der Waals surface area contributed by atoms with Gasteiger partial charge in [0, 0.05) is 53.0 Å². The molecule has 31 valence electrons. The van der Waals surface area contributed by atoms with Gasteiger partial charge in [-0.3, -0.25) is 0 Å². The molecule has 0 amide bonds. The molecular weight excluding hydrogens is 234 g/mol. The van der Waals surface area contributed by atoms with Crippen LogP contribution in [0, 0.1) is 0 Å². The number of rotatable bonds is 0. The smallest absolute Gasteiger partial charge is 0.153 e. The Kier molecular flexibility index (Phi) is 264. The van der Waals surface area contributed by atoms with Gasteiger partial charge in [0.05, 0.1) is 0 Å². The molecule has 0 nitrogen and oxygen atoms in total. The quantitative estimate of drug-likeness (QED) is 0.381. The number of hydrogen-bond acceptors (Lipinski definition) is 0. The average Bonchev–Trinajstić information content (AvgIpc) is 0. The molecule has 0 rings (SSSR count). The molecule has 5 heavy (non-hydrogen) atoms. The first-order valence-corrected chi connectivity index (χ1v) is 0. The van der Waals surface area contributed by atoms with E-state index in [1.165, 1.54) is 0 Å². The summed E-state index contributed by atoms with van der Waals surface area (Å²) in [5, 5.41) is 0. The molecule has 0 spiro atoms. The molecule has 5 heteroatoms. The fourth-order valence-electron chi connectivity index (χ4n) is 0. The SMILES string of the molecule is P.[MgH2].[Mn].[Ni].[Zn]. The van der Waals surface area contributed by atoms with Crippen molar-refractivity contribution >= 4 is 33.0 Å². The minimum atomic E-state index is 0. The van der Waals surface area contributed by atoms with Gasteiger partial charge in [0.2, 0.25) is 0 Å². The minimum absolute atomic E-state index is 0. The van der Waals surface area contributed by atoms with Crippen molar-refractivity contribution in [1.29, 1.82) is 0 Å². The molecule has 0 heterocycles. The molecule has 0 fully saturated rings. The predicted molar refractivity (Wildman–Crippen MR) is 19.6 cm³/mol. The Morgan fingerprint density at radius 2 is 1.00 bits per heavy atom. The Balaban J connectivity index is 0. The van der Waals surface area contributed by atoms with Crippen molar-refractivity contribution < 1.29 is 53.0 Å². The first-order valence-electron chi connectivity index (χ1n) is 0. The van der Waals surface area contributed by atoms with Gasteiger partial charge in [-0.15, -0.1) is 0 Å². The Hall–Kier alpha value is 2.83. The molecule has 0 aromatic carbocycles. The second-order valence-electron chi connectivity index (χ2n) is 0. The maximum Gasteiger partial charge on any atom is 0.316 e. The largest absolute Gasteiger partial charge is 0.316 e. The molecule has 0 aliphatic heterocycles. The maximum atomic E-state index is 0. The van der Waals surface area contributed by atoms with Gasteiger partial charge < -0.3 is 0 Å². The zero-order chi connectivity index (χ0) is 0. The summed E-state index contributed by atoms with van der Waals surface area (Å²) in [6.45, 7) is 0. The summed E-state index contributed by atoms with van der Waals surface area (Å²) in [6.07, 6.45) is 0. The molecule has 0 saturated carbocycles. The average molecular weight is 239 g/mol. The van der Waals surface area contributed by atoms with Gasteiger partial charge in [-0.25, -0.2) is 0 Å². The van der Waals surface area contributed by atoms with Crippen LogP contribution in [-0.4, -0.2) is 23.1 Å². The second kappa shape index (κ2) is 29.0. The van der Waals surface area contributed by atoms with E-state index < -0.39 is 0 Å². The van der Waals surface area contributed by atoms with E-state index in [-0.39, 0.29) is 86.0 Å². The van der Waals surface area contributed by atoms with E-state index in [2.05, 4.69) is 0 Å². The van der Waals surface area contributed by atoms with Crippen LogP contribution in [0.25, 0.3) is 0 Å². The second-order valence-corrected chi connectivity index (χ2v) is 0. The van der Waals surface area contributed by atoms with Crippen LogP contribution in [0.3, 0.4) is 0 Å². The molecule has 1 unspecified atom stereocenters. The predicted octanol–water partition coefficient (Wildman–Crippen LogP) is -0.866. The van der Waals surface area contributed by atoms with Crippen LogP contribution in [0.4, 0.5) is 0 Å². The van der Waals surface area contributed by atoms with Crippen LogP contribution < -0.4 is 0 Å². The van der Waals surface area contributed by atoms with Gasteiger partial charge >= 0.3 is 23.1 Å². The van der Waals surface area contributed by atoms with Gasteiger partial charge in [-0.1, -0.05) is 0 Å². The topological polar surface area (TPSA) is 0 Å². The van der Waals surface area contributed by atoms with Gasteiger partial charge in [0.25, 0.3) is 0 Å². The normalized spacial score (nSPS) is 0. The fraction of sp³-hybridized carbons (Fsp3) is 0. The molecule has 0 aromatic heterocycles. The van der Waals surface area contributed by atoms with Crippen molar-refractivity contribution in [3.63, 3.8) is 0 Å². The summed E-state index contributed by atoms with van der Waals surface area (Å²) in [4.78, 5) is 0. The molecule has 0 aliphatic rings. The summed E-state index contributed by atoms with van der Waals surface area (Å²) in [5.74, 6) is 0. The minimum Gasteiger partial charge on any atom is -0.153 e. The van der Waals surface area contributed by atoms with Crippen LogP contribution in [0.2, 0.25) is 0 Å². The van der Waals surface area contributed by atoms with Crippen molar-refractivity contribution in [1.82, 2.24) is 0 Å². The van der Waals surface area contributed by atoms with Crippen LogP contribution in [0.5, 0.6) is 0 Å². The van der Waals surface area contributed by atoms with E-state index in [9.17, 15) is 0 Å². The summed E-state index contributed by atoms with van der Waals surface area (Å²) in [5.41, 5.74) is 0. The zero-order valence-electron chi connectivity index (χ0n) is 2.11. The molecule has 0 bridgehead atoms. The molecule has 0 aliphatic carbocycles. The van der Waals surface area contributed by atoms with Gasteiger partial charge in [-0.2, -0.15) is 9.90 Å². The van der Waals surface area contributed by atoms with Crippen molar-refractivity contribution in [2.45, 2.75) is 0 Å². The Bertz CT molecular complexity index is 11.6.